The summed E-state index contributed by atoms with van der Waals surface area (Å²) in [5.74, 6) is 2.73. The Morgan fingerprint density at radius 3 is 2.40 bits per heavy atom. The Morgan fingerprint density at radius 1 is 0.649 bits per heavy atom. The molecule has 0 saturated carbocycles. The van der Waals surface area contributed by atoms with Crippen molar-refractivity contribution < 1.29 is 0 Å². The van der Waals surface area contributed by atoms with Gasteiger partial charge in [-0.3, -0.25) is 0 Å². The van der Waals surface area contributed by atoms with Crippen LogP contribution in [-0.4, -0.2) is 33.2 Å². The maximum absolute atomic E-state index is 2.93. The first-order valence-corrected chi connectivity index (χ1v) is 23.5. The predicted octanol–water partition coefficient (Wildman–Crippen LogP) is 12.9. The lowest BCUT2D eigenvalue weighted by Crippen LogP contribution is -2.40. The predicted molar refractivity (Wildman–Crippen MR) is 239 cm³/mol. The van der Waals surface area contributed by atoms with Crippen LogP contribution in [0.25, 0.3) is 0 Å². The molecule has 9 unspecified atom stereocenters. The molecule has 12 rings (SSSR count). The largest absolute Gasteiger partial charge is 0.364 e. The van der Waals surface area contributed by atoms with Crippen LogP contribution in [0.5, 0.6) is 0 Å². The zero-order valence-electron chi connectivity index (χ0n) is 33.3. The Hall–Kier alpha value is -4.21. The summed E-state index contributed by atoms with van der Waals surface area (Å²) in [7, 11) is 0. The normalized spacial score (nSPS) is 37.1. The summed E-state index contributed by atoms with van der Waals surface area (Å²) in [6.07, 6.45) is 67.6. The van der Waals surface area contributed by atoms with E-state index in [0.717, 1.165) is 25.7 Å². The summed E-state index contributed by atoms with van der Waals surface area (Å²) in [6, 6.07) is 1.53. The average molecular weight is 765 g/mol. The minimum absolute atomic E-state index is 0.441. The SMILES string of the molecule is C1=CC2C3=C(C=CCC3)SC2C(N2C3=C(CCC=C3)C3C=C(C4=CCC5C(C4)C4C=CC=CC4N5C4=CC(C5=CCCC=C5)=CC(C5=CCCC=C5)C4)CCC32)=C1. The number of hydrogen-bond donors (Lipinski definition) is 0. The smallest absolute Gasteiger partial charge is 0.0597 e. The topological polar surface area (TPSA) is 6.48 Å². The lowest BCUT2D eigenvalue weighted by atomic mass is 9.72. The van der Waals surface area contributed by atoms with E-state index in [-0.39, 0.29) is 0 Å². The molecule has 3 heterocycles. The van der Waals surface area contributed by atoms with E-state index in [2.05, 4.69) is 149 Å². The van der Waals surface area contributed by atoms with E-state index in [9.17, 15) is 0 Å². The minimum atomic E-state index is 0.441. The van der Waals surface area contributed by atoms with Crippen LogP contribution in [0, 0.1) is 29.6 Å². The summed E-state index contributed by atoms with van der Waals surface area (Å²) in [4.78, 5) is 7.34. The van der Waals surface area contributed by atoms with E-state index in [4.69, 9.17) is 0 Å². The van der Waals surface area contributed by atoms with Gasteiger partial charge in [-0.1, -0.05) is 109 Å². The van der Waals surface area contributed by atoms with E-state index in [0.29, 0.717) is 53.0 Å². The van der Waals surface area contributed by atoms with Crippen molar-refractivity contribution in [3.8, 4) is 0 Å². The molecular formula is C54H56N2S. The van der Waals surface area contributed by atoms with Crippen molar-refractivity contribution in [2.75, 3.05) is 0 Å². The van der Waals surface area contributed by atoms with Gasteiger partial charge in [-0.2, -0.15) is 0 Å². The van der Waals surface area contributed by atoms with Crippen LogP contribution in [0.3, 0.4) is 0 Å². The number of hydrogen-bond acceptors (Lipinski definition) is 3. The van der Waals surface area contributed by atoms with Crippen molar-refractivity contribution in [3.63, 3.8) is 0 Å². The molecule has 288 valence electrons. The van der Waals surface area contributed by atoms with Gasteiger partial charge in [-0.15, -0.1) is 11.8 Å². The van der Waals surface area contributed by atoms with E-state index in [1.807, 2.05) is 0 Å². The van der Waals surface area contributed by atoms with Crippen molar-refractivity contribution in [1.82, 2.24) is 9.80 Å². The number of likely N-dealkylation sites (tertiary alicyclic amines) is 1. The molecule has 0 N–H and O–H groups in total. The molecule has 9 atom stereocenters. The number of fused-ring (bicyclic) bond motifs is 7. The zero-order valence-corrected chi connectivity index (χ0v) is 34.1. The molecule has 0 radical (unpaired) electrons. The van der Waals surface area contributed by atoms with Gasteiger partial charge in [0.15, 0.2) is 0 Å². The van der Waals surface area contributed by atoms with E-state index in [1.54, 1.807) is 38.6 Å². The van der Waals surface area contributed by atoms with Crippen LogP contribution in [0.1, 0.15) is 83.5 Å². The van der Waals surface area contributed by atoms with Gasteiger partial charge in [0.05, 0.1) is 11.3 Å². The van der Waals surface area contributed by atoms with Gasteiger partial charge in [-0.05, 0) is 147 Å². The molecule has 9 aliphatic carbocycles. The summed E-state index contributed by atoms with van der Waals surface area (Å²) in [6.45, 7) is 0. The maximum atomic E-state index is 2.93. The molecule has 1 saturated heterocycles. The van der Waals surface area contributed by atoms with Crippen LogP contribution in [0.4, 0.5) is 0 Å². The average Bonchev–Trinajstić information content (AvgIpc) is 3.94. The van der Waals surface area contributed by atoms with Gasteiger partial charge in [0, 0.05) is 57.8 Å². The highest BCUT2D eigenvalue weighted by Crippen LogP contribution is 2.57. The fraction of sp³-hybridized carbons (Fsp3) is 0.407. The molecule has 3 aliphatic heterocycles. The molecule has 3 heteroatoms. The molecule has 1 fully saturated rings. The van der Waals surface area contributed by atoms with Crippen LogP contribution in [0.15, 0.2) is 189 Å². The minimum Gasteiger partial charge on any atom is -0.364 e. The molecule has 12 aliphatic rings. The quantitative estimate of drug-likeness (QED) is 0.275. The number of nitrogens with zero attached hydrogens (tertiary/aromatic N) is 2. The standard InChI is InChI=1S/C54H56N2S/c1-3-14-35(15-4-1)39-30-40(36-16-5-2-6-17-36)32-41(31-39)55-48-22-10-7-18-42(48)46-33-37(26-28-50(46)55)38-27-29-51-47(34-38)43-19-8-11-23-49(43)56(51)52-24-13-21-45-44-20-9-12-25-53(44)57-54(45)52/h3,5,7,10-18,21-26,30-31,34,40,42,45-48,50-51,54H,1-2,4,6,8-9,19-20,27-29,32-33H2. The van der Waals surface area contributed by atoms with E-state index >= 15 is 0 Å². The maximum Gasteiger partial charge on any atom is 0.0597 e. The fourth-order valence-electron chi connectivity index (χ4n) is 13.0. The summed E-state index contributed by atoms with van der Waals surface area (Å²) in [5, 5.41) is 0.512. The van der Waals surface area contributed by atoms with Crippen LogP contribution in [-0.2, 0) is 0 Å². The fourth-order valence-corrected chi connectivity index (χ4v) is 14.5. The van der Waals surface area contributed by atoms with Gasteiger partial charge in [0.1, 0.15) is 0 Å². The third-order valence-electron chi connectivity index (χ3n) is 15.5. The second kappa shape index (κ2) is 14.3. The first-order chi connectivity index (χ1) is 28.3. The van der Waals surface area contributed by atoms with E-state index in [1.165, 1.54) is 80.2 Å². The van der Waals surface area contributed by atoms with Crippen molar-refractivity contribution in [2.24, 2.45) is 29.6 Å². The van der Waals surface area contributed by atoms with Gasteiger partial charge < -0.3 is 9.80 Å². The highest BCUT2D eigenvalue weighted by atomic mass is 32.2. The highest BCUT2D eigenvalue weighted by Gasteiger charge is 2.51. The van der Waals surface area contributed by atoms with E-state index < -0.39 is 0 Å². The first kappa shape index (κ1) is 34.8. The summed E-state index contributed by atoms with van der Waals surface area (Å²) in [5.41, 5.74) is 15.8. The molecule has 0 aromatic carbocycles. The Kier molecular flexibility index (Phi) is 8.71. The molecular weight excluding hydrogens is 709 g/mol. The van der Waals surface area contributed by atoms with Crippen molar-refractivity contribution >= 4 is 11.8 Å². The van der Waals surface area contributed by atoms with Crippen LogP contribution < -0.4 is 0 Å². The summed E-state index contributed by atoms with van der Waals surface area (Å²) >= 11 is 2.15. The third-order valence-corrected chi connectivity index (χ3v) is 17.0. The molecule has 2 nitrogen and oxygen atoms in total. The second-order valence-corrected chi connectivity index (χ2v) is 19.6. The Bertz CT molecular complexity index is 2280. The lowest BCUT2D eigenvalue weighted by Gasteiger charge is -2.41. The molecule has 0 bridgehead atoms. The summed E-state index contributed by atoms with van der Waals surface area (Å²) < 4.78 is 0. The Balaban J connectivity index is 0.845. The monoisotopic (exact) mass is 764 g/mol. The molecule has 0 aromatic rings. The number of thioether (sulfide) groups is 1. The van der Waals surface area contributed by atoms with Crippen molar-refractivity contribution in [2.45, 2.75) is 107 Å². The Morgan fingerprint density at radius 2 is 1.51 bits per heavy atom. The van der Waals surface area contributed by atoms with Crippen molar-refractivity contribution in [3.05, 3.63) is 189 Å². The van der Waals surface area contributed by atoms with Gasteiger partial charge in [-0.25, -0.2) is 0 Å². The lowest BCUT2D eigenvalue weighted by molar-refractivity contribution is 0.236. The highest BCUT2D eigenvalue weighted by molar-refractivity contribution is 8.04. The molecule has 57 heavy (non-hydrogen) atoms. The Labute approximate surface area is 345 Å². The number of rotatable bonds is 5. The van der Waals surface area contributed by atoms with Gasteiger partial charge in [0.2, 0.25) is 0 Å². The second-order valence-electron chi connectivity index (χ2n) is 18.5. The zero-order chi connectivity index (χ0) is 37.5. The van der Waals surface area contributed by atoms with Gasteiger partial charge in [0.25, 0.3) is 0 Å². The first-order valence-electron chi connectivity index (χ1n) is 22.6. The van der Waals surface area contributed by atoms with Gasteiger partial charge >= 0.3 is 0 Å². The molecule has 0 aromatic heterocycles. The van der Waals surface area contributed by atoms with Crippen LogP contribution >= 0.6 is 11.8 Å². The third kappa shape index (κ3) is 5.80. The number of allylic oxidation sites excluding steroid dienone is 24. The molecule has 0 spiro atoms. The molecule has 0 amide bonds. The van der Waals surface area contributed by atoms with Crippen LogP contribution in [0.2, 0.25) is 0 Å². The van der Waals surface area contributed by atoms with Crippen molar-refractivity contribution in [1.29, 1.82) is 0 Å².